The Morgan fingerprint density at radius 1 is 1.17 bits per heavy atom. The minimum Gasteiger partial charge on any atom is -0.462 e. The number of rotatable bonds is 4. The van der Waals surface area contributed by atoms with Crippen LogP contribution in [0.4, 0.5) is 10.5 Å². The standard InChI is InChI=1S/C13H17NO4/c1-4-17-12(15)10-8-9(3)6-7-11(10)14-13(16)18-5-2/h6-8H,4-5H2,1-3H3,(H,14,16). The number of hydrogen-bond acceptors (Lipinski definition) is 4. The summed E-state index contributed by atoms with van der Waals surface area (Å²) in [4.78, 5) is 23.1. The van der Waals surface area contributed by atoms with Gasteiger partial charge in [-0.2, -0.15) is 0 Å². The Labute approximate surface area is 106 Å². The first-order valence-electron chi connectivity index (χ1n) is 5.80. The minimum absolute atomic E-state index is 0.270. The molecule has 0 aromatic heterocycles. The number of carbonyl (C=O) groups excluding carboxylic acids is 2. The fourth-order valence-corrected chi connectivity index (χ4v) is 1.42. The maximum atomic E-state index is 11.7. The number of hydrogen-bond donors (Lipinski definition) is 1. The van der Waals surface area contributed by atoms with Crippen LogP contribution in [0.5, 0.6) is 0 Å². The van der Waals surface area contributed by atoms with E-state index in [4.69, 9.17) is 9.47 Å². The van der Waals surface area contributed by atoms with Crippen molar-refractivity contribution in [2.45, 2.75) is 20.8 Å². The summed E-state index contributed by atoms with van der Waals surface area (Å²) < 4.78 is 9.70. The van der Waals surface area contributed by atoms with Gasteiger partial charge < -0.3 is 9.47 Å². The van der Waals surface area contributed by atoms with Crippen LogP contribution < -0.4 is 5.32 Å². The minimum atomic E-state index is -0.591. The zero-order valence-corrected chi connectivity index (χ0v) is 10.8. The molecule has 0 heterocycles. The summed E-state index contributed by atoms with van der Waals surface area (Å²) in [6.45, 7) is 5.85. The molecular formula is C13H17NO4. The highest BCUT2D eigenvalue weighted by atomic mass is 16.5. The molecule has 0 unspecified atom stereocenters. The lowest BCUT2D eigenvalue weighted by atomic mass is 10.1. The summed E-state index contributed by atoms with van der Waals surface area (Å²) in [5.74, 6) is -0.465. The van der Waals surface area contributed by atoms with Crippen LogP contribution in [0, 0.1) is 6.92 Å². The van der Waals surface area contributed by atoms with Gasteiger partial charge in [0.1, 0.15) is 0 Å². The third-order valence-electron chi connectivity index (χ3n) is 2.18. The van der Waals surface area contributed by atoms with Crippen LogP contribution in [0.3, 0.4) is 0 Å². The van der Waals surface area contributed by atoms with Gasteiger partial charge in [0.2, 0.25) is 0 Å². The molecule has 0 atom stereocenters. The van der Waals surface area contributed by atoms with E-state index < -0.39 is 12.1 Å². The van der Waals surface area contributed by atoms with Gasteiger partial charge in [0.05, 0.1) is 24.5 Å². The summed E-state index contributed by atoms with van der Waals surface area (Å²) in [7, 11) is 0. The van der Waals surface area contributed by atoms with E-state index in [9.17, 15) is 9.59 Å². The van der Waals surface area contributed by atoms with E-state index in [0.717, 1.165) is 5.56 Å². The topological polar surface area (TPSA) is 64.6 Å². The first-order chi connectivity index (χ1) is 8.58. The van der Waals surface area contributed by atoms with Crippen LogP contribution >= 0.6 is 0 Å². The zero-order valence-electron chi connectivity index (χ0n) is 10.8. The van der Waals surface area contributed by atoms with Gasteiger partial charge in [-0.3, -0.25) is 5.32 Å². The van der Waals surface area contributed by atoms with E-state index >= 15 is 0 Å². The average Bonchev–Trinajstić information content (AvgIpc) is 2.32. The lowest BCUT2D eigenvalue weighted by Crippen LogP contribution is -2.17. The number of ether oxygens (including phenoxy) is 2. The monoisotopic (exact) mass is 251 g/mol. The Balaban J connectivity index is 2.96. The molecule has 0 bridgehead atoms. The molecule has 0 saturated heterocycles. The second-order valence-electron chi connectivity index (χ2n) is 3.61. The van der Waals surface area contributed by atoms with Crippen molar-refractivity contribution in [1.82, 2.24) is 0 Å². The molecule has 1 aromatic rings. The Morgan fingerprint density at radius 3 is 2.44 bits per heavy atom. The van der Waals surface area contributed by atoms with Gasteiger partial charge >= 0.3 is 12.1 Å². The normalized spacial score (nSPS) is 9.72. The highest BCUT2D eigenvalue weighted by molar-refractivity contribution is 5.99. The van der Waals surface area contributed by atoms with Gasteiger partial charge in [-0.1, -0.05) is 11.6 Å². The third kappa shape index (κ3) is 3.76. The van der Waals surface area contributed by atoms with Gasteiger partial charge in [-0.05, 0) is 32.9 Å². The summed E-state index contributed by atoms with van der Waals surface area (Å²) in [6, 6.07) is 5.11. The molecule has 0 saturated carbocycles. The first kappa shape index (κ1) is 14.0. The summed E-state index contributed by atoms with van der Waals surface area (Å²) in [5, 5.41) is 2.52. The van der Waals surface area contributed by atoms with Crippen LogP contribution in [0.2, 0.25) is 0 Å². The van der Waals surface area contributed by atoms with Crippen LogP contribution in [0.1, 0.15) is 29.8 Å². The Hall–Kier alpha value is -2.04. The fraction of sp³-hybridized carbons (Fsp3) is 0.385. The number of carbonyl (C=O) groups is 2. The number of aryl methyl sites for hydroxylation is 1. The molecule has 0 fully saturated rings. The zero-order chi connectivity index (χ0) is 13.5. The Bertz CT molecular complexity index is 443. The molecule has 1 amide bonds. The number of nitrogens with one attached hydrogen (secondary N) is 1. The van der Waals surface area contributed by atoms with Crippen molar-refractivity contribution < 1.29 is 19.1 Å². The van der Waals surface area contributed by atoms with Crippen LogP contribution in [0.15, 0.2) is 18.2 Å². The molecule has 1 rings (SSSR count). The van der Waals surface area contributed by atoms with Gasteiger partial charge in [0.15, 0.2) is 0 Å². The Morgan fingerprint density at radius 2 is 1.83 bits per heavy atom. The highest BCUT2D eigenvalue weighted by Crippen LogP contribution is 2.18. The van der Waals surface area contributed by atoms with E-state index in [2.05, 4.69) is 5.32 Å². The average molecular weight is 251 g/mol. The van der Waals surface area contributed by atoms with Crippen molar-refractivity contribution >= 4 is 17.7 Å². The molecule has 1 N–H and O–H groups in total. The quantitative estimate of drug-likeness (QED) is 0.836. The van der Waals surface area contributed by atoms with E-state index in [1.165, 1.54) is 0 Å². The molecule has 0 aliphatic carbocycles. The van der Waals surface area contributed by atoms with E-state index in [-0.39, 0.29) is 13.2 Å². The molecule has 5 heteroatoms. The van der Waals surface area contributed by atoms with Crippen molar-refractivity contribution in [2.75, 3.05) is 18.5 Å². The van der Waals surface area contributed by atoms with Gasteiger partial charge in [0.25, 0.3) is 0 Å². The van der Waals surface area contributed by atoms with E-state index in [1.807, 2.05) is 6.92 Å². The van der Waals surface area contributed by atoms with Crippen molar-refractivity contribution in [1.29, 1.82) is 0 Å². The number of benzene rings is 1. The largest absolute Gasteiger partial charge is 0.462 e. The smallest absolute Gasteiger partial charge is 0.411 e. The van der Waals surface area contributed by atoms with Crippen LogP contribution in [-0.4, -0.2) is 25.3 Å². The fourth-order valence-electron chi connectivity index (χ4n) is 1.42. The lowest BCUT2D eigenvalue weighted by molar-refractivity contribution is 0.0527. The SMILES string of the molecule is CCOC(=O)Nc1ccc(C)cc1C(=O)OCC. The number of anilines is 1. The van der Waals surface area contributed by atoms with Crippen LogP contribution in [-0.2, 0) is 9.47 Å². The maximum absolute atomic E-state index is 11.7. The van der Waals surface area contributed by atoms with E-state index in [1.54, 1.807) is 32.0 Å². The molecule has 1 aromatic carbocycles. The van der Waals surface area contributed by atoms with Gasteiger partial charge in [-0.25, -0.2) is 9.59 Å². The molecule has 0 radical (unpaired) electrons. The molecular weight excluding hydrogens is 234 g/mol. The molecule has 98 valence electrons. The summed E-state index contributed by atoms with van der Waals surface area (Å²) in [5.41, 5.74) is 1.62. The number of esters is 1. The third-order valence-corrected chi connectivity index (χ3v) is 2.18. The number of amides is 1. The highest BCUT2D eigenvalue weighted by Gasteiger charge is 2.15. The van der Waals surface area contributed by atoms with Gasteiger partial charge in [-0.15, -0.1) is 0 Å². The van der Waals surface area contributed by atoms with Crippen molar-refractivity contribution in [2.24, 2.45) is 0 Å². The van der Waals surface area contributed by atoms with Crippen molar-refractivity contribution in [3.8, 4) is 0 Å². The lowest BCUT2D eigenvalue weighted by Gasteiger charge is -2.11. The maximum Gasteiger partial charge on any atom is 0.411 e. The summed E-state index contributed by atoms with van der Waals surface area (Å²) in [6.07, 6.45) is -0.591. The predicted octanol–water partition coefficient (Wildman–Crippen LogP) is 2.74. The van der Waals surface area contributed by atoms with E-state index in [0.29, 0.717) is 11.3 Å². The molecule has 5 nitrogen and oxygen atoms in total. The molecule has 0 aliphatic rings. The molecule has 18 heavy (non-hydrogen) atoms. The second-order valence-corrected chi connectivity index (χ2v) is 3.61. The Kier molecular flexibility index (Phi) is 5.17. The van der Waals surface area contributed by atoms with Crippen molar-refractivity contribution in [3.63, 3.8) is 0 Å². The second kappa shape index (κ2) is 6.64. The van der Waals surface area contributed by atoms with Crippen LogP contribution in [0.25, 0.3) is 0 Å². The first-order valence-corrected chi connectivity index (χ1v) is 5.80. The predicted molar refractivity (Wildman–Crippen MR) is 67.8 cm³/mol. The van der Waals surface area contributed by atoms with Crippen molar-refractivity contribution in [3.05, 3.63) is 29.3 Å². The molecule has 0 spiro atoms. The van der Waals surface area contributed by atoms with Gasteiger partial charge in [0, 0.05) is 0 Å². The summed E-state index contributed by atoms with van der Waals surface area (Å²) >= 11 is 0. The molecule has 0 aliphatic heterocycles.